The van der Waals surface area contributed by atoms with Gasteiger partial charge in [-0.15, -0.1) is 11.3 Å². The summed E-state index contributed by atoms with van der Waals surface area (Å²) >= 11 is 1.51. The number of likely N-dealkylation sites (tertiary alicyclic amines) is 1. The van der Waals surface area contributed by atoms with Gasteiger partial charge in [-0.3, -0.25) is 9.78 Å². The highest BCUT2D eigenvalue weighted by Gasteiger charge is 2.29. The van der Waals surface area contributed by atoms with E-state index < -0.39 is 0 Å². The van der Waals surface area contributed by atoms with Gasteiger partial charge in [-0.1, -0.05) is 0 Å². The molecule has 0 bridgehead atoms. The Morgan fingerprint density at radius 3 is 3.10 bits per heavy atom. The predicted molar refractivity (Wildman–Crippen MR) is 78.2 cm³/mol. The second-order valence-corrected chi connectivity index (χ2v) is 5.82. The molecule has 0 aliphatic carbocycles. The Morgan fingerprint density at radius 1 is 1.50 bits per heavy atom. The number of pyridine rings is 1. The summed E-state index contributed by atoms with van der Waals surface area (Å²) in [7, 11) is 0. The number of rotatable bonds is 3. The van der Waals surface area contributed by atoms with E-state index in [1.165, 1.54) is 11.3 Å². The number of carbonyl (C=O) groups is 1. The number of nitrogens with zero attached hydrogens (tertiary/aromatic N) is 2. The van der Waals surface area contributed by atoms with E-state index in [2.05, 4.69) is 4.98 Å². The Balaban J connectivity index is 1.62. The SMILES string of the molecule is Cc1ccsc1C(=O)N1CCC(Oc2cccnc2)C1. The third-order valence-electron chi connectivity index (χ3n) is 3.43. The van der Waals surface area contributed by atoms with Crippen LogP contribution in [-0.4, -0.2) is 35.0 Å². The first kappa shape index (κ1) is 13.1. The highest BCUT2D eigenvalue weighted by Crippen LogP contribution is 2.22. The van der Waals surface area contributed by atoms with E-state index in [9.17, 15) is 4.79 Å². The lowest BCUT2D eigenvalue weighted by Gasteiger charge is -2.17. The quantitative estimate of drug-likeness (QED) is 0.872. The summed E-state index contributed by atoms with van der Waals surface area (Å²) in [6, 6.07) is 5.72. The highest BCUT2D eigenvalue weighted by atomic mass is 32.1. The van der Waals surface area contributed by atoms with E-state index in [1.54, 1.807) is 12.4 Å². The van der Waals surface area contributed by atoms with Crippen LogP contribution in [0.15, 0.2) is 36.0 Å². The van der Waals surface area contributed by atoms with Crippen LogP contribution < -0.4 is 4.74 Å². The van der Waals surface area contributed by atoms with Gasteiger partial charge in [-0.25, -0.2) is 0 Å². The Labute approximate surface area is 122 Å². The molecule has 5 heteroatoms. The fraction of sp³-hybridized carbons (Fsp3) is 0.333. The normalized spacial score (nSPS) is 18.2. The maximum absolute atomic E-state index is 12.4. The van der Waals surface area contributed by atoms with Gasteiger partial charge in [-0.05, 0) is 36.1 Å². The molecule has 0 saturated carbocycles. The predicted octanol–water partition coefficient (Wildman–Crippen LogP) is 2.75. The Hall–Kier alpha value is -1.88. The van der Waals surface area contributed by atoms with Crippen LogP contribution in [0.2, 0.25) is 0 Å². The molecule has 2 aromatic rings. The molecule has 1 unspecified atom stereocenters. The molecule has 3 heterocycles. The molecule has 1 amide bonds. The first-order valence-electron chi connectivity index (χ1n) is 6.64. The van der Waals surface area contributed by atoms with Crippen LogP contribution in [0.25, 0.3) is 0 Å². The van der Waals surface area contributed by atoms with Gasteiger partial charge < -0.3 is 9.64 Å². The molecule has 104 valence electrons. The van der Waals surface area contributed by atoms with Crippen molar-refractivity contribution < 1.29 is 9.53 Å². The van der Waals surface area contributed by atoms with Crippen molar-refractivity contribution >= 4 is 17.2 Å². The summed E-state index contributed by atoms with van der Waals surface area (Å²) in [5.41, 5.74) is 1.05. The monoisotopic (exact) mass is 288 g/mol. The van der Waals surface area contributed by atoms with Gasteiger partial charge in [0.2, 0.25) is 0 Å². The number of hydrogen-bond acceptors (Lipinski definition) is 4. The standard InChI is InChI=1S/C15H16N2O2S/c1-11-5-8-20-14(11)15(18)17-7-4-13(10-17)19-12-3-2-6-16-9-12/h2-3,5-6,8-9,13H,4,7,10H2,1H3. The van der Waals surface area contributed by atoms with Crippen LogP contribution in [0.1, 0.15) is 21.7 Å². The molecule has 0 N–H and O–H groups in total. The lowest BCUT2D eigenvalue weighted by atomic mass is 10.3. The van der Waals surface area contributed by atoms with Gasteiger partial charge in [0.05, 0.1) is 17.6 Å². The molecule has 0 spiro atoms. The van der Waals surface area contributed by atoms with Crippen molar-refractivity contribution in [3.8, 4) is 5.75 Å². The van der Waals surface area contributed by atoms with Crippen molar-refractivity contribution in [2.75, 3.05) is 13.1 Å². The maximum Gasteiger partial charge on any atom is 0.264 e. The Bertz CT molecular complexity index is 597. The van der Waals surface area contributed by atoms with Crippen molar-refractivity contribution in [2.24, 2.45) is 0 Å². The average Bonchev–Trinajstić information content (AvgIpc) is 3.08. The molecule has 1 atom stereocenters. The summed E-state index contributed by atoms with van der Waals surface area (Å²) in [4.78, 5) is 19.1. The number of thiophene rings is 1. The largest absolute Gasteiger partial charge is 0.487 e. The molecule has 1 aliphatic heterocycles. The number of amides is 1. The number of aryl methyl sites for hydroxylation is 1. The molecule has 4 nitrogen and oxygen atoms in total. The smallest absolute Gasteiger partial charge is 0.264 e. The highest BCUT2D eigenvalue weighted by molar-refractivity contribution is 7.12. The topological polar surface area (TPSA) is 42.4 Å². The Kier molecular flexibility index (Phi) is 3.69. The van der Waals surface area contributed by atoms with Crippen molar-refractivity contribution in [3.05, 3.63) is 46.4 Å². The van der Waals surface area contributed by atoms with Gasteiger partial charge >= 0.3 is 0 Å². The molecule has 1 aliphatic rings. The molecule has 2 aromatic heterocycles. The minimum absolute atomic E-state index is 0.0587. The fourth-order valence-electron chi connectivity index (χ4n) is 2.35. The van der Waals surface area contributed by atoms with E-state index in [-0.39, 0.29) is 12.0 Å². The zero-order chi connectivity index (χ0) is 13.9. The van der Waals surface area contributed by atoms with Crippen molar-refractivity contribution in [1.82, 2.24) is 9.88 Å². The van der Waals surface area contributed by atoms with Crippen LogP contribution in [-0.2, 0) is 0 Å². The van der Waals surface area contributed by atoms with Crippen LogP contribution in [0, 0.1) is 6.92 Å². The molecule has 1 fully saturated rings. The van der Waals surface area contributed by atoms with E-state index >= 15 is 0 Å². The Morgan fingerprint density at radius 2 is 2.40 bits per heavy atom. The maximum atomic E-state index is 12.4. The van der Waals surface area contributed by atoms with E-state index in [1.807, 2.05) is 35.4 Å². The van der Waals surface area contributed by atoms with E-state index in [0.717, 1.165) is 29.2 Å². The molecule has 0 aromatic carbocycles. The number of carbonyl (C=O) groups excluding carboxylic acids is 1. The summed E-state index contributed by atoms with van der Waals surface area (Å²) in [6.07, 6.45) is 4.35. The first-order chi connectivity index (χ1) is 9.74. The lowest BCUT2D eigenvalue weighted by molar-refractivity contribution is 0.0776. The molecule has 0 radical (unpaired) electrons. The second kappa shape index (κ2) is 5.63. The van der Waals surface area contributed by atoms with Gasteiger partial charge in [0, 0.05) is 19.2 Å². The minimum Gasteiger partial charge on any atom is -0.487 e. The molecule has 3 rings (SSSR count). The van der Waals surface area contributed by atoms with Crippen molar-refractivity contribution in [3.63, 3.8) is 0 Å². The summed E-state index contributed by atoms with van der Waals surface area (Å²) in [5.74, 6) is 0.883. The lowest BCUT2D eigenvalue weighted by Crippen LogP contribution is -2.30. The third-order valence-corrected chi connectivity index (χ3v) is 4.43. The molecule has 20 heavy (non-hydrogen) atoms. The van der Waals surface area contributed by atoms with E-state index in [0.29, 0.717) is 6.54 Å². The van der Waals surface area contributed by atoms with Gasteiger partial charge in [0.1, 0.15) is 11.9 Å². The van der Waals surface area contributed by atoms with Crippen LogP contribution in [0.3, 0.4) is 0 Å². The fourth-order valence-corrected chi connectivity index (χ4v) is 3.25. The summed E-state index contributed by atoms with van der Waals surface area (Å²) in [5, 5.41) is 1.96. The van der Waals surface area contributed by atoms with E-state index in [4.69, 9.17) is 4.74 Å². The second-order valence-electron chi connectivity index (χ2n) is 4.90. The number of ether oxygens (including phenoxy) is 1. The zero-order valence-electron chi connectivity index (χ0n) is 11.3. The van der Waals surface area contributed by atoms with Crippen molar-refractivity contribution in [1.29, 1.82) is 0 Å². The third kappa shape index (κ3) is 2.67. The summed E-state index contributed by atoms with van der Waals surface area (Å²) in [6.45, 7) is 3.37. The molecular weight excluding hydrogens is 272 g/mol. The van der Waals surface area contributed by atoms with Crippen LogP contribution >= 0.6 is 11.3 Å². The number of hydrogen-bond donors (Lipinski definition) is 0. The van der Waals surface area contributed by atoms with Gasteiger partial charge in [0.15, 0.2) is 0 Å². The van der Waals surface area contributed by atoms with Crippen molar-refractivity contribution in [2.45, 2.75) is 19.4 Å². The van der Waals surface area contributed by atoms with Crippen LogP contribution in [0.4, 0.5) is 0 Å². The molecule has 1 saturated heterocycles. The summed E-state index contributed by atoms with van der Waals surface area (Å²) < 4.78 is 5.85. The molecular formula is C15H16N2O2S. The average molecular weight is 288 g/mol. The van der Waals surface area contributed by atoms with Crippen LogP contribution in [0.5, 0.6) is 5.75 Å². The van der Waals surface area contributed by atoms with Gasteiger partial charge in [0.25, 0.3) is 5.91 Å². The minimum atomic E-state index is 0.0587. The van der Waals surface area contributed by atoms with Gasteiger partial charge in [-0.2, -0.15) is 0 Å². The number of aromatic nitrogens is 1. The zero-order valence-corrected chi connectivity index (χ0v) is 12.1. The first-order valence-corrected chi connectivity index (χ1v) is 7.52.